The van der Waals surface area contributed by atoms with Crippen LogP contribution in [0.25, 0.3) is 5.57 Å². The molecule has 0 heterocycles. The first kappa shape index (κ1) is 14.2. The van der Waals surface area contributed by atoms with E-state index < -0.39 is 8.32 Å². The van der Waals surface area contributed by atoms with Gasteiger partial charge in [0.25, 0.3) is 0 Å². The molecule has 0 aliphatic carbocycles. The van der Waals surface area contributed by atoms with Crippen molar-refractivity contribution in [3.05, 3.63) is 41.6 Å². The smallest absolute Gasteiger partial charge is 0.211 e. The van der Waals surface area contributed by atoms with Crippen molar-refractivity contribution in [1.82, 2.24) is 0 Å². The zero-order valence-corrected chi connectivity index (χ0v) is 12.5. The summed E-state index contributed by atoms with van der Waals surface area (Å²) in [4.78, 5) is 0. The number of allylic oxidation sites excluding steroid dienone is 1. The van der Waals surface area contributed by atoms with Crippen molar-refractivity contribution < 1.29 is 4.43 Å². The van der Waals surface area contributed by atoms with Crippen LogP contribution in [-0.4, -0.2) is 14.9 Å². The van der Waals surface area contributed by atoms with Crippen LogP contribution in [0.4, 0.5) is 0 Å². The van der Waals surface area contributed by atoms with Gasteiger partial charge in [0.05, 0.1) is 0 Å². The van der Waals surface area contributed by atoms with Crippen LogP contribution < -0.4 is 0 Å². The summed E-state index contributed by atoms with van der Waals surface area (Å²) in [7, 11) is -1.65. The second kappa shape index (κ2) is 6.77. The highest BCUT2D eigenvalue weighted by molar-refractivity contribution is 6.77. The van der Waals surface area contributed by atoms with Crippen LogP contribution in [0.2, 0.25) is 13.1 Å². The summed E-state index contributed by atoms with van der Waals surface area (Å²) >= 11 is 0. The fourth-order valence-electron chi connectivity index (χ4n) is 1.83. The average Bonchev–Trinajstić information content (AvgIpc) is 2.30. The maximum absolute atomic E-state index is 6.02. The molecular formula is C15H24OSi. The van der Waals surface area contributed by atoms with Crippen LogP contribution in [0.15, 0.2) is 36.0 Å². The molecule has 0 N–H and O–H groups in total. The molecule has 1 aromatic rings. The molecule has 0 aromatic heterocycles. The SMILES string of the molecule is CCCCO[Si](C)(C)C=C(C)c1ccccc1. The van der Waals surface area contributed by atoms with E-state index in [9.17, 15) is 0 Å². The number of hydrogen-bond acceptors (Lipinski definition) is 1. The first-order valence-corrected chi connectivity index (χ1v) is 9.42. The molecule has 0 fully saturated rings. The molecule has 0 saturated heterocycles. The summed E-state index contributed by atoms with van der Waals surface area (Å²) < 4.78 is 6.02. The minimum atomic E-state index is -1.65. The number of unbranched alkanes of at least 4 members (excludes halogenated alkanes) is 1. The lowest BCUT2D eigenvalue weighted by Gasteiger charge is -2.20. The van der Waals surface area contributed by atoms with Gasteiger partial charge in [-0.2, -0.15) is 0 Å². The summed E-state index contributed by atoms with van der Waals surface area (Å²) in [5, 5.41) is 0. The minimum absolute atomic E-state index is 0.897. The Hall–Kier alpha value is -0.863. The Morgan fingerprint density at radius 2 is 1.88 bits per heavy atom. The van der Waals surface area contributed by atoms with Crippen LogP contribution in [0.3, 0.4) is 0 Å². The third-order valence-corrected chi connectivity index (χ3v) is 4.84. The second-order valence-electron chi connectivity index (χ2n) is 5.00. The Morgan fingerprint density at radius 1 is 1.24 bits per heavy atom. The highest BCUT2D eigenvalue weighted by Crippen LogP contribution is 2.18. The fraction of sp³-hybridized carbons (Fsp3) is 0.467. The predicted molar refractivity (Wildman–Crippen MR) is 78.4 cm³/mol. The predicted octanol–water partition coefficient (Wildman–Crippen LogP) is 4.65. The second-order valence-corrected chi connectivity index (χ2v) is 8.78. The largest absolute Gasteiger partial charge is 0.414 e. The molecule has 0 spiro atoms. The van der Waals surface area contributed by atoms with Crippen LogP contribution in [0, 0.1) is 0 Å². The van der Waals surface area contributed by atoms with Crippen molar-refractivity contribution in [3.8, 4) is 0 Å². The quantitative estimate of drug-likeness (QED) is 0.526. The lowest BCUT2D eigenvalue weighted by molar-refractivity contribution is 0.306. The summed E-state index contributed by atoms with van der Waals surface area (Å²) in [6, 6.07) is 10.5. The van der Waals surface area contributed by atoms with Crippen LogP contribution in [0.5, 0.6) is 0 Å². The maximum Gasteiger partial charge on any atom is 0.211 e. The molecule has 0 aliphatic heterocycles. The zero-order chi connectivity index (χ0) is 12.7. The van der Waals surface area contributed by atoms with E-state index in [0.29, 0.717) is 0 Å². The van der Waals surface area contributed by atoms with E-state index in [2.05, 4.69) is 63.0 Å². The van der Waals surface area contributed by atoms with Gasteiger partial charge in [0.2, 0.25) is 8.32 Å². The van der Waals surface area contributed by atoms with Crippen molar-refractivity contribution in [3.63, 3.8) is 0 Å². The maximum atomic E-state index is 6.02. The van der Waals surface area contributed by atoms with E-state index in [0.717, 1.165) is 13.0 Å². The van der Waals surface area contributed by atoms with Crippen molar-refractivity contribution in [1.29, 1.82) is 0 Å². The first-order valence-electron chi connectivity index (χ1n) is 6.44. The van der Waals surface area contributed by atoms with Crippen molar-refractivity contribution >= 4 is 13.9 Å². The van der Waals surface area contributed by atoms with Crippen LogP contribution in [-0.2, 0) is 4.43 Å². The molecule has 0 aliphatic rings. The van der Waals surface area contributed by atoms with Gasteiger partial charge in [-0.3, -0.25) is 0 Å². The molecule has 0 amide bonds. The Balaban J connectivity index is 2.66. The molecule has 1 aromatic carbocycles. The summed E-state index contributed by atoms with van der Waals surface area (Å²) in [5.41, 5.74) is 4.98. The van der Waals surface area contributed by atoms with Crippen molar-refractivity contribution in [2.24, 2.45) is 0 Å². The zero-order valence-electron chi connectivity index (χ0n) is 11.5. The summed E-state index contributed by atoms with van der Waals surface area (Å²) in [5.74, 6) is 0. The molecule has 0 radical (unpaired) electrons. The third-order valence-electron chi connectivity index (χ3n) is 2.77. The third kappa shape index (κ3) is 5.33. The molecule has 0 saturated carbocycles. The van der Waals surface area contributed by atoms with E-state index in [-0.39, 0.29) is 0 Å². The van der Waals surface area contributed by atoms with Crippen LogP contribution >= 0.6 is 0 Å². The van der Waals surface area contributed by atoms with Crippen molar-refractivity contribution in [2.45, 2.75) is 39.8 Å². The monoisotopic (exact) mass is 248 g/mol. The Labute approximate surface area is 107 Å². The van der Waals surface area contributed by atoms with E-state index in [1.807, 2.05) is 0 Å². The highest BCUT2D eigenvalue weighted by Gasteiger charge is 2.19. The molecule has 0 bridgehead atoms. The fourth-order valence-corrected chi connectivity index (χ4v) is 3.79. The average molecular weight is 248 g/mol. The van der Waals surface area contributed by atoms with Gasteiger partial charge in [0.1, 0.15) is 0 Å². The molecule has 0 atom stereocenters. The van der Waals surface area contributed by atoms with Crippen LogP contribution in [0.1, 0.15) is 32.3 Å². The molecular weight excluding hydrogens is 224 g/mol. The Kier molecular flexibility index (Phi) is 5.66. The van der Waals surface area contributed by atoms with Gasteiger partial charge < -0.3 is 4.43 Å². The first-order chi connectivity index (χ1) is 8.05. The molecule has 1 nitrogen and oxygen atoms in total. The van der Waals surface area contributed by atoms with Gasteiger partial charge in [-0.25, -0.2) is 0 Å². The molecule has 0 unspecified atom stereocenters. The summed E-state index contributed by atoms with van der Waals surface area (Å²) in [6.45, 7) is 9.79. The topological polar surface area (TPSA) is 9.23 Å². The normalized spacial score (nSPS) is 12.8. The van der Waals surface area contributed by atoms with E-state index in [1.165, 1.54) is 17.6 Å². The number of benzene rings is 1. The van der Waals surface area contributed by atoms with Gasteiger partial charge >= 0.3 is 0 Å². The van der Waals surface area contributed by atoms with E-state index in [1.54, 1.807) is 0 Å². The van der Waals surface area contributed by atoms with Crippen molar-refractivity contribution in [2.75, 3.05) is 6.61 Å². The van der Waals surface area contributed by atoms with Gasteiger partial charge in [0.15, 0.2) is 0 Å². The van der Waals surface area contributed by atoms with Gasteiger partial charge in [0, 0.05) is 6.61 Å². The van der Waals surface area contributed by atoms with Gasteiger partial charge in [-0.15, -0.1) is 0 Å². The summed E-state index contributed by atoms with van der Waals surface area (Å²) in [6.07, 6.45) is 2.36. The highest BCUT2D eigenvalue weighted by atomic mass is 28.4. The number of rotatable bonds is 6. The van der Waals surface area contributed by atoms with E-state index >= 15 is 0 Å². The Morgan fingerprint density at radius 3 is 2.47 bits per heavy atom. The van der Waals surface area contributed by atoms with Gasteiger partial charge in [-0.1, -0.05) is 49.4 Å². The lowest BCUT2D eigenvalue weighted by Crippen LogP contribution is -2.28. The lowest BCUT2D eigenvalue weighted by atomic mass is 10.1. The molecule has 94 valence electrons. The Bertz CT molecular complexity index is 354. The molecule has 1 rings (SSSR count). The molecule has 17 heavy (non-hydrogen) atoms. The molecule has 2 heteroatoms. The standard InChI is InChI=1S/C15H24OSi/c1-5-6-12-16-17(3,4)13-14(2)15-10-8-7-9-11-15/h7-11,13H,5-6,12H2,1-4H3. The van der Waals surface area contributed by atoms with Gasteiger partial charge in [-0.05, 0) is 37.6 Å². The number of hydrogen-bond donors (Lipinski definition) is 0. The minimum Gasteiger partial charge on any atom is -0.414 e. The van der Waals surface area contributed by atoms with E-state index in [4.69, 9.17) is 4.43 Å².